The van der Waals surface area contributed by atoms with E-state index < -0.39 is 5.60 Å². The second-order valence-corrected chi connectivity index (χ2v) is 6.37. The van der Waals surface area contributed by atoms with Gasteiger partial charge in [-0.15, -0.1) is 0 Å². The van der Waals surface area contributed by atoms with Crippen molar-refractivity contribution in [1.82, 2.24) is 0 Å². The zero-order valence-corrected chi connectivity index (χ0v) is 11.7. The van der Waals surface area contributed by atoms with Gasteiger partial charge in [-0.3, -0.25) is 0 Å². The molecule has 2 aliphatic rings. The summed E-state index contributed by atoms with van der Waals surface area (Å²) < 4.78 is 0. The van der Waals surface area contributed by atoms with Crippen molar-refractivity contribution in [2.24, 2.45) is 0 Å². The van der Waals surface area contributed by atoms with Crippen molar-refractivity contribution in [1.29, 1.82) is 0 Å². The van der Waals surface area contributed by atoms with Crippen LogP contribution in [0.4, 0.5) is 0 Å². The first-order valence-electron chi connectivity index (χ1n) is 7.65. The Balaban J connectivity index is 1.75. The molecule has 1 saturated carbocycles. The topological polar surface area (TPSA) is 20.2 Å². The third-order valence-corrected chi connectivity index (χ3v) is 5.09. The van der Waals surface area contributed by atoms with Crippen molar-refractivity contribution in [2.75, 3.05) is 0 Å². The van der Waals surface area contributed by atoms with E-state index >= 15 is 0 Å². The molecule has 1 N–H and O–H groups in total. The van der Waals surface area contributed by atoms with E-state index in [9.17, 15) is 5.11 Å². The summed E-state index contributed by atoms with van der Waals surface area (Å²) in [5.41, 5.74) is 4.46. The van der Waals surface area contributed by atoms with Gasteiger partial charge in [0.2, 0.25) is 0 Å². The van der Waals surface area contributed by atoms with Crippen LogP contribution in [0.3, 0.4) is 0 Å². The van der Waals surface area contributed by atoms with Crippen LogP contribution < -0.4 is 0 Å². The summed E-state index contributed by atoms with van der Waals surface area (Å²) in [6.45, 7) is 0. The van der Waals surface area contributed by atoms with E-state index in [2.05, 4.69) is 48.5 Å². The highest BCUT2D eigenvalue weighted by Crippen LogP contribution is 2.44. The minimum Gasteiger partial charge on any atom is -0.384 e. The highest BCUT2D eigenvalue weighted by atomic mass is 16.3. The lowest BCUT2D eigenvalue weighted by Gasteiger charge is -2.33. The van der Waals surface area contributed by atoms with Crippen molar-refractivity contribution in [3.63, 3.8) is 0 Å². The van der Waals surface area contributed by atoms with Crippen molar-refractivity contribution in [2.45, 2.75) is 43.6 Å². The predicted molar refractivity (Wildman–Crippen MR) is 80.8 cm³/mol. The number of hydrogen-bond acceptors (Lipinski definition) is 1. The Bertz CT molecular complexity index is 615. The van der Waals surface area contributed by atoms with Crippen molar-refractivity contribution < 1.29 is 5.11 Å². The Labute approximate surface area is 120 Å². The Kier molecular flexibility index (Phi) is 2.71. The third kappa shape index (κ3) is 1.81. The maximum atomic E-state index is 11.2. The molecule has 1 fully saturated rings. The number of benzene rings is 2. The van der Waals surface area contributed by atoms with Crippen LogP contribution in [0.2, 0.25) is 0 Å². The summed E-state index contributed by atoms with van der Waals surface area (Å²) in [4.78, 5) is 0. The van der Waals surface area contributed by atoms with Crippen LogP contribution in [0, 0.1) is 0 Å². The molecule has 102 valence electrons. The van der Waals surface area contributed by atoms with E-state index in [-0.39, 0.29) is 0 Å². The molecule has 0 saturated heterocycles. The number of aliphatic hydroxyl groups is 1. The molecule has 0 aromatic heterocycles. The molecule has 0 heterocycles. The van der Waals surface area contributed by atoms with Crippen LogP contribution in [-0.4, -0.2) is 5.11 Å². The Morgan fingerprint density at radius 1 is 0.850 bits per heavy atom. The van der Waals surface area contributed by atoms with Crippen LogP contribution >= 0.6 is 0 Å². The van der Waals surface area contributed by atoms with Gasteiger partial charge in [0.25, 0.3) is 0 Å². The summed E-state index contributed by atoms with van der Waals surface area (Å²) >= 11 is 0. The molecule has 0 bridgehead atoms. The first-order valence-corrected chi connectivity index (χ1v) is 7.65. The average Bonchev–Trinajstić information content (AvgIpc) is 2.74. The van der Waals surface area contributed by atoms with Gasteiger partial charge in [-0.2, -0.15) is 0 Å². The molecule has 0 aliphatic heterocycles. The summed E-state index contributed by atoms with van der Waals surface area (Å²) in [5, 5.41) is 11.2. The van der Waals surface area contributed by atoms with E-state index in [1.165, 1.54) is 41.5 Å². The molecule has 0 spiro atoms. The molecule has 0 radical (unpaired) electrons. The second kappa shape index (κ2) is 4.46. The van der Waals surface area contributed by atoms with Gasteiger partial charge < -0.3 is 5.11 Å². The maximum absolute atomic E-state index is 11.2. The lowest BCUT2D eigenvalue weighted by atomic mass is 9.74. The van der Waals surface area contributed by atoms with Gasteiger partial charge in [-0.1, -0.05) is 55.0 Å². The lowest BCUT2D eigenvalue weighted by Crippen LogP contribution is -2.29. The van der Waals surface area contributed by atoms with Crippen LogP contribution in [0.1, 0.15) is 47.4 Å². The van der Waals surface area contributed by atoms with Crippen molar-refractivity contribution in [3.8, 4) is 0 Å². The van der Waals surface area contributed by atoms with E-state index in [1.807, 2.05) is 0 Å². The zero-order valence-electron chi connectivity index (χ0n) is 11.7. The first kappa shape index (κ1) is 12.2. The van der Waals surface area contributed by atoms with Crippen LogP contribution in [0.25, 0.3) is 0 Å². The number of rotatable bonds is 2. The molecule has 0 unspecified atom stereocenters. The van der Waals surface area contributed by atoms with E-state index in [1.54, 1.807) is 0 Å². The molecule has 4 rings (SSSR count). The smallest absolute Gasteiger partial charge is 0.0979 e. The molecule has 2 aliphatic carbocycles. The minimum absolute atomic E-state index is 0.666. The Morgan fingerprint density at radius 3 is 2.05 bits per heavy atom. The fraction of sp³-hybridized carbons (Fsp3) is 0.368. The van der Waals surface area contributed by atoms with Gasteiger partial charge in [0.1, 0.15) is 0 Å². The maximum Gasteiger partial charge on any atom is 0.0979 e. The quantitative estimate of drug-likeness (QED) is 0.871. The molecular weight excluding hydrogens is 244 g/mol. The monoisotopic (exact) mass is 264 g/mol. The van der Waals surface area contributed by atoms with Crippen molar-refractivity contribution >= 4 is 0 Å². The first-order chi connectivity index (χ1) is 9.76. The lowest BCUT2D eigenvalue weighted by molar-refractivity contribution is 0.0464. The summed E-state index contributed by atoms with van der Waals surface area (Å²) in [5.74, 6) is 0.666. The van der Waals surface area contributed by atoms with E-state index in [4.69, 9.17) is 0 Å². The fourth-order valence-electron chi connectivity index (χ4n) is 3.78. The van der Waals surface area contributed by atoms with Crippen LogP contribution in [0.5, 0.6) is 0 Å². The number of fused-ring (bicyclic) bond motifs is 1. The standard InChI is InChI=1S/C19H20O/c20-19(12-15-6-1-2-7-16(15)13-19)18-11-4-3-10-17(18)14-8-5-9-14/h1-4,6-7,10-11,14,20H,5,8-9,12-13H2. The Morgan fingerprint density at radius 2 is 1.45 bits per heavy atom. The van der Waals surface area contributed by atoms with Gasteiger partial charge in [0.15, 0.2) is 0 Å². The average molecular weight is 264 g/mol. The van der Waals surface area contributed by atoms with Crippen molar-refractivity contribution in [3.05, 3.63) is 70.8 Å². The highest BCUT2D eigenvalue weighted by molar-refractivity contribution is 5.44. The van der Waals surface area contributed by atoms with E-state index in [0.717, 1.165) is 12.8 Å². The molecule has 20 heavy (non-hydrogen) atoms. The van der Waals surface area contributed by atoms with Gasteiger partial charge in [-0.05, 0) is 41.0 Å². The molecule has 0 atom stereocenters. The summed E-state index contributed by atoms with van der Waals surface area (Å²) in [6.07, 6.45) is 5.40. The third-order valence-electron chi connectivity index (χ3n) is 5.09. The normalized spacial score (nSPS) is 20.4. The van der Waals surface area contributed by atoms with Gasteiger partial charge in [0.05, 0.1) is 5.60 Å². The molecule has 2 aromatic carbocycles. The highest BCUT2D eigenvalue weighted by Gasteiger charge is 2.39. The summed E-state index contributed by atoms with van der Waals surface area (Å²) in [7, 11) is 0. The minimum atomic E-state index is -0.699. The number of hydrogen-bond donors (Lipinski definition) is 1. The molecule has 1 nitrogen and oxygen atoms in total. The fourth-order valence-corrected chi connectivity index (χ4v) is 3.78. The molecule has 1 heteroatoms. The van der Waals surface area contributed by atoms with Gasteiger partial charge >= 0.3 is 0 Å². The SMILES string of the molecule is OC1(c2ccccc2C2CCC2)Cc2ccccc2C1. The molecular formula is C19H20O. The predicted octanol–water partition coefficient (Wildman–Crippen LogP) is 3.94. The van der Waals surface area contributed by atoms with Gasteiger partial charge in [-0.25, -0.2) is 0 Å². The van der Waals surface area contributed by atoms with E-state index in [0.29, 0.717) is 5.92 Å². The molecule has 0 amide bonds. The Hall–Kier alpha value is -1.60. The molecule has 2 aromatic rings. The van der Waals surface area contributed by atoms with Gasteiger partial charge in [0, 0.05) is 12.8 Å². The summed E-state index contributed by atoms with van der Waals surface area (Å²) in [6, 6.07) is 17.0. The van der Waals surface area contributed by atoms with Crippen LogP contribution in [0.15, 0.2) is 48.5 Å². The largest absolute Gasteiger partial charge is 0.384 e. The second-order valence-electron chi connectivity index (χ2n) is 6.37. The zero-order chi connectivity index (χ0) is 13.6. The van der Waals surface area contributed by atoms with Crippen LogP contribution in [-0.2, 0) is 18.4 Å².